The number of para-hydroxylation sites is 2. The highest BCUT2D eigenvalue weighted by Gasteiger charge is 2.27. The van der Waals surface area contributed by atoms with Crippen LogP contribution in [0.1, 0.15) is 15.9 Å². The van der Waals surface area contributed by atoms with Crippen molar-refractivity contribution in [2.24, 2.45) is 5.92 Å². The predicted octanol–water partition coefficient (Wildman–Crippen LogP) is 4.70. The van der Waals surface area contributed by atoms with E-state index in [2.05, 4.69) is 11.9 Å². The van der Waals surface area contributed by atoms with Gasteiger partial charge in [0, 0.05) is 18.0 Å². The third kappa shape index (κ3) is 5.11. The first kappa shape index (κ1) is 23.9. The molecule has 34 heavy (non-hydrogen) atoms. The van der Waals surface area contributed by atoms with Crippen molar-refractivity contribution in [2.75, 3.05) is 24.0 Å². The summed E-state index contributed by atoms with van der Waals surface area (Å²) >= 11 is 6.26. The van der Waals surface area contributed by atoms with Crippen molar-refractivity contribution in [2.45, 2.75) is 11.3 Å². The molecular formula is C26H25ClN2O4S. The van der Waals surface area contributed by atoms with Crippen LogP contribution in [-0.2, 0) is 16.4 Å². The maximum atomic E-state index is 13.4. The number of anilines is 1. The Labute approximate surface area is 204 Å². The SMILES string of the molecule is C=CCN(c1ccccc1Cl)S(=O)(=O)c1cccc(C(=O)NCC2COc3ccccc3C2)c1. The zero-order chi connectivity index (χ0) is 24.1. The molecule has 0 fully saturated rings. The van der Waals surface area contributed by atoms with Crippen LogP contribution in [0.4, 0.5) is 5.69 Å². The molecule has 1 aliphatic rings. The minimum Gasteiger partial charge on any atom is -0.493 e. The molecule has 0 saturated carbocycles. The smallest absolute Gasteiger partial charge is 0.264 e. The Balaban J connectivity index is 1.50. The van der Waals surface area contributed by atoms with Crippen LogP contribution in [0.3, 0.4) is 0 Å². The summed E-state index contributed by atoms with van der Waals surface area (Å²) < 4.78 is 33.8. The third-order valence-electron chi connectivity index (χ3n) is 5.61. The molecule has 0 spiro atoms. The van der Waals surface area contributed by atoms with Crippen LogP contribution in [0, 0.1) is 5.92 Å². The first-order valence-electron chi connectivity index (χ1n) is 10.9. The Kier molecular flexibility index (Phi) is 7.24. The topological polar surface area (TPSA) is 75.7 Å². The van der Waals surface area contributed by atoms with Crippen molar-refractivity contribution >= 4 is 33.2 Å². The van der Waals surface area contributed by atoms with Crippen molar-refractivity contribution in [3.63, 3.8) is 0 Å². The Morgan fingerprint density at radius 3 is 2.68 bits per heavy atom. The molecule has 1 heterocycles. The van der Waals surface area contributed by atoms with Gasteiger partial charge in [-0.1, -0.05) is 54.1 Å². The molecule has 3 aromatic carbocycles. The highest BCUT2D eigenvalue weighted by atomic mass is 35.5. The van der Waals surface area contributed by atoms with Crippen LogP contribution in [0.2, 0.25) is 5.02 Å². The molecule has 0 radical (unpaired) electrons. The minimum atomic E-state index is -3.99. The fraction of sp³-hybridized carbons (Fsp3) is 0.192. The van der Waals surface area contributed by atoms with E-state index >= 15 is 0 Å². The molecule has 8 heteroatoms. The molecule has 3 aromatic rings. The summed E-state index contributed by atoms with van der Waals surface area (Å²) in [5.74, 6) is 0.670. The van der Waals surface area contributed by atoms with Gasteiger partial charge in [-0.2, -0.15) is 0 Å². The van der Waals surface area contributed by atoms with Crippen molar-refractivity contribution in [1.29, 1.82) is 0 Å². The predicted molar refractivity (Wildman–Crippen MR) is 134 cm³/mol. The number of nitrogens with one attached hydrogen (secondary N) is 1. The summed E-state index contributed by atoms with van der Waals surface area (Å²) in [7, 11) is -3.99. The van der Waals surface area contributed by atoms with Gasteiger partial charge in [0.15, 0.2) is 0 Å². The number of amides is 1. The van der Waals surface area contributed by atoms with Gasteiger partial charge in [-0.15, -0.1) is 6.58 Å². The largest absolute Gasteiger partial charge is 0.493 e. The van der Waals surface area contributed by atoms with Gasteiger partial charge in [-0.25, -0.2) is 8.42 Å². The lowest BCUT2D eigenvalue weighted by atomic mass is 9.96. The fourth-order valence-electron chi connectivity index (χ4n) is 3.88. The van der Waals surface area contributed by atoms with Gasteiger partial charge in [0.25, 0.3) is 15.9 Å². The molecule has 0 aliphatic carbocycles. The monoisotopic (exact) mass is 496 g/mol. The summed E-state index contributed by atoms with van der Waals surface area (Å²) in [6.45, 7) is 4.64. The van der Waals surface area contributed by atoms with Crippen molar-refractivity contribution < 1.29 is 17.9 Å². The summed E-state index contributed by atoms with van der Waals surface area (Å²) in [5.41, 5.74) is 1.72. The third-order valence-corrected chi connectivity index (χ3v) is 7.70. The molecule has 1 unspecified atom stereocenters. The molecule has 176 valence electrons. The van der Waals surface area contributed by atoms with E-state index in [9.17, 15) is 13.2 Å². The molecule has 4 rings (SSSR count). The van der Waals surface area contributed by atoms with E-state index in [4.69, 9.17) is 16.3 Å². The second-order valence-electron chi connectivity index (χ2n) is 8.00. The Morgan fingerprint density at radius 1 is 1.12 bits per heavy atom. The number of ether oxygens (including phenoxy) is 1. The molecule has 0 saturated heterocycles. The van der Waals surface area contributed by atoms with Crippen LogP contribution in [0.15, 0.2) is 90.3 Å². The lowest BCUT2D eigenvalue weighted by molar-refractivity contribution is 0.0939. The van der Waals surface area contributed by atoms with Gasteiger partial charge >= 0.3 is 0 Å². The molecular weight excluding hydrogens is 472 g/mol. The quantitative estimate of drug-likeness (QED) is 0.458. The molecule has 6 nitrogen and oxygen atoms in total. The Hall–Kier alpha value is -3.29. The second kappa shape index (κ2) is 10.3. The number of fused-ring (bicyclic) bond motifs is 1. The van der Waals surface area contributed by atoms with Crippen LogP contribution in [-0.4, -0.2) is 34.0 Å². The molecule has 1 aliphatic heterocycles. The van der Waals surface area contributed by atoms with E-state index in [1.165, 1.54) is 22.5 Å². The number of carbonyl (C=O) groups is 1. The standard InChI is InChI=1S/C26H25ClN2O4S/c1-2-14-29(24-12-5-4-11-23(24)27)34(31,32)22-10-7-9-21(16-22)26(30)28-17-19-15-20-8-3-6-13-25(20)33-18-19/h2-13,16,19H,1,14-15,17-18H2,(H,28,30). The first-order chi connectivity index (χ1) is 16.4. The summed E-state index contributed by atoms with van der Waals surface area (Å²) in [6.07, 6.45) is 2.29. The van der Waals surface area contributed by atoms with Crippen LogP contribution in [0.25, 0.3) is 0 Å². The summed E-state index contributed by atoms with van der Waals surface area (Å²) in [6, 6.07) is 20.5. The summed E-state index contributed by atoms with van der Waals surface area (Å²) in [5, 5.41) is 3.21. The highest BCUT2D eigenvalue weighted by Crippen LogP contribution is 2.30. The lowest BCUT2D eigenvalue weighted by Crippen LogP contribution is -2.35. The number of hydrogen-bond donors (Lipinski definition) is 1. The van der Waals surface area contributed by atoms with E-state index in [-0.39, 0.29) is 28.8 Å². The van der Waals surface area contributed by atoms with E-state index in [0.717, 1.165) is 17.7 Å². The van der Waals surface area contributed by atoms with Gasteiger partial charge < -0.3 is 10.1 Å². The van der Waals surface area contributed by atoms with Crippen LogP contribution in [0.5, 0.6) is 5.75 Å². The van der Waals surface area contributed by atoms with Crippen molar-refractivity contribution in [3.8, 4) is 5.75 Å². The zero-order valence-electron chi connectivity index (χ0n) is 18.5. The molecule has 1 N–H and O–H groups in total. The minimum absolute atomic E-state index is 0.00292. The molecule has 0 bridgehead atoms. The van der Waals surface area contributed by atoms with Gasteiger partial charge in [0.2, 0.25) is 0 Å². The number of sulfonamides is 1. The number of halogens is 1. The fourth-order valence-corrected chi connectivity index (χ4v) is 5.67. The normalized spacial score (nSPS) is 15.0. The van der Waals surface area contributed by atoms with Gasteiger partial charge in [0.05, 0.1) is 28.8 Å². The average molecular weight is 497 g/mol. The highest BCUT2D eigenvalue weighted by molar-refractivity contribution is 7.92. The Morgan fingerprint density at radius 2 is 1.88 bits per heavy atom. The number of benzene rings is 3. The van der Waals surface area contributed by atoms with E-state index in [1.54, 1.807) is 36.4 Å². The number of rotatable bonds is 8. The maximum absolute atomic E-state index is 13.4. The molecule has 0 aromatic heterocycles. The summed E-state index contributed by atoms with van der Waals surface area (Å²) in [4.78, 5) is 12.8. The van der Waals surface area contributed by atoms with E-state index in [1.807, 2.05) is 24.3 Å². The van der Waals surface area contributed by atoms with Crippen molar-refractivity contribution in [1.82, 2.24) is 5.32 Å². The number of hydrogen-bond acceptors (Lipinski definition) is 4. The molecule has 1 atom stereocenters. The lowest BCUT2D eigenvalue weighted by Gasteiger charge is -2.25. The van der Waals surface area contributed by atoms with Gasteiger partial charge in [-0.3, -0.25) is 9.10 Å². The second-order valence-corrected chi connectivity index (χ2v) is 10.3. The van der Waals surface area contributed by atoms with Crippen LogP contribution >= 0.6 is 11.6 Å². The maximum Gasteiger partial charge on any atom is 0.264 e. The van der Waals surface area contributed by atoms with E-state index in [0.29, 0.717) is 23.9 Å². The van der Waals surface area contributed by atoms with Crippen molar-refractivity contribution in [3.05, 3.63) is 102 Å². The van der Waals surface area contributed by atoms with Gasteiger partial charge in [0.1, 0.15) is 5.75 Å². The average Bonchev–Trinajstić information content (AvgIpc) is 2.86. The Bertz CT molecular complexity index is 1310. The molecule has 1 amide bonds. The van der Waals surface area contributed by atoms with Gasteiger partial charge in [-0.05, 0) is 48.4 Å². The first-order valence-corrected chi connectivity index (χ1v) is 12.7. The number of carbonyl (C=O) groups excluding carboxylic acids is 1. The van der Waals surface area contributed by atoms with E-state index < -0.39 is 10.0 Å². The van der Waals surface area contributed by atoms with Crippen LogP contribution < -0.4 is 14.4 Å². The zero-order valence-corrected chi connectivity index (χ0v) is 20.1. The number of nitrogens with zero attached hydrogens (tertiary/aromatic N) is 1.